The van der Waals surface area contributed by atoms with Crippen LogP contribution >= 0.6 is 0 Å². The van der Waals surface area contributed by atoms with Crippen molar-refractivity contribution in [3.63, 3.8) is 0 Å². The largest absolute Gasteiger partial charge is 0.356 e. The van der Waals surface area contributed by atoms with E-state index in [1.807, 2.05) is 156 Å². The Balaban J connectivity index is 0.000000124. The number of anilines is 3. The van der Waals surface area contributed by atoms with Gasteiger partial charge in [0.25, 0.3) is 17.7 Å². The quantitative estimate of drug-likeness (QED) is 0.113. The van der Waals surface area contributed by atoms with E-state index in [1.54, 1.807) is 6.20 Å². The summed E-state index contributed by atoms with van der Waals surface area (Å²) in [6, 6.07) is 54.3. The van der Waals surface area contributed by atoms with Crippen molar-refractivity contribution in [3.05, 3.63) is 245 Å². The molecule has 0 bridgehead atoms. The van der Waals surface area contributed by atoms with Gasteiger partial charge >= 0.3 is 0 Å². The molecule has 6 aliphatic rings. The van der Waals surface area contributed by atoms with E-state index in [0.717, 1.165) is 229 Å². The molecule has 0 saturated carbocycles. The Morgan fingerprint density at radius 3 is 1.11 bits per heavy atom. The van der Waals surface area contributed by atoms with E-state index in [4.69, 9.17) is 30.2 Å². The highest BCUT2D eigenvalue weighted by Gasteiger charge is 2.36. The maximum atomic E-state index is 14.0. The van der Waals surface area contributed by atoms with E-state index in [1.165, 1.54) is 19.3 Å². The topological polar surface area (TPSA) is 174 Å². The number of piperidine rings is 3. The molecule has 18 rings (SSSR count). The molecule has 19 nitrogen and oxygen atoms in total. The molecule has 6 fully saturated rings. The van der Waals surface area contributed by atoms with Gasteiger partial charge in [-0.25, -0.2) is 28.5 Å². The van der Waals surface area contributed by atoms with Gasteiger partial charge in [-0.3, -0.25) is 19.4 Å². The second-order valence-corrected chi connectivity index (χ2v) is 31.1. The number of benzene rings is 5. The third kappa shape index (κ3) is 15.0. The highest BCUT2D eigenvalue weighted by atomic mass is 16.2. The molecular weight excluding hydrogens is 1340 g/mol. The van der Waals surface area contributed by atoms with Crippen molar-refractivity contribution in [2.75, 3.05) is 73.6 Å². The van der Waals surface area contributed by atoms with E-state index >= 15 is 0 Å². The first kappa shape index (κ1) is 71.2. The second kappa shape index (κ2) is 31.4. The van der Waals surface area contributed by atoms with Gasteiger partial charge < -0.3 is 29.4 Å². The maximum Gasteiger partial charge on any atom is 0.255 e. The summed E-state index contributed by atoms with van der Waals surface area (Å²) in [6.45, 7) is 21.8. The lowest BCUT2D eigenvalue weighted by molar-refractivity contribution is 0.0599. The van der Waals surface area contributed by atoms with Crippen molar-refractivity contribution in [3.8, 4) is 33.4 Å². The van der Waals surface area contributed by atoms with Crippen LogP contribution in [0.1, 0.15) is 181 Å². The predicted molar refractivity (Wildman–Crippen MR) is 427 cm³/mol. The number of rotatable bonds is 12. The smallest absolute Gasteiger partial charge is 0.255 e. The monoisotopic (exact) mass is 1440 g/mol. The molecule has 19 heteroatoms. The Hall–Kier alpha value is -11.1. The zero-order valence-corrected chi connectivity index (χ0v) is 63.2. The molecule has 552 valence electrons. The van der Waals surface area contributed by atoms with Gasteiger partial charge in [-0.05, 0) is 185 Å². The van der Waals surface area contributed by atoms with Gasteiger partial charge in [0.2, 0.25) is 0 Å². The second-order valence-electron chi connectivity index (χ2n) is 31.1. The van der Waals surface area contributed by atoms with Crippen LogP contribution in [0.3, 0.4) is 0 Å². The fourth-order valence-corrected chi connectivity index (χ4v) is 17.1. The van der Waals surface area contributed by atoms with E-state index in [9.17, 15) is 14.4 Å². The number of nitrogens with zero attached hydrogens (tertiary/aromatic N) is 16. The first-order chi connectivity index (χ1) is 52.7. The van der Waals surface area contributed by atoms with Gasteiger partial charge in [0.1, 0.15) is 17.5 Å². The molecule has 0 N–H and O–H groups in total. The van der Waals surface area contributed by atoms with Crippen molar-refractivity contribution in [2.45, 2.75) is 137 Å². The Morgan fingerprint density at radius 2 is 0.722 bits per heavy atom. The summed E-state index contributed by atoms with van der Waals surface area (Å²) in [5, 5.41) is 14.7. The lowest BCUT2D eigenvalue weighted by atomic mass is 9.95. The minimum atomic E-state index is -0.0488. The first-order valence-corrected chi connectivity index (χ1v) is 39.3. The molecule has 0 spiro atoms. The average Bonchev–Trinajstić information content (AvgIpc) is 1.62. The molecule has 13 heterocycles. The number of amides is 3. The van der Waals surface area contributed by atoms with Crippen LogP contribution in [0.5, 0.6) is 0 Å². The third-order valence-corrected chi connectivity index (χ3v) is 23.0. The number of aryl methyl sites for hydroxylation is 3. The number of pyridine rings is 1. The molecule has 0 aliphatic carbocycles. The molecule has 0 unspecified atom stereocenters. The minimum absolute atomic E-state index is 0.0303. The SMILES string of the molecule is Cc1cn2nc([C@@H]3CCCCN3C(=O)c3ccc(-c4ccccc4)cc3)cc2nc1N1CC[C@H](C)C1.Cc1cn2nc([C@@H]3CCCCN3C(=O)c3ccc(-c4cccnc4)cc3)cc2nc1N1CC[C@H](C)C1.Cc1cn2nc([C@@H]3CCCCN3C(=O)c3ccccc3-c3ccccc3)cc2nc1N1CC[C@H](C)C1. The number of hydrogen-bond acceptors (Lipinski definition) is 13. The summed E-state index contributed by atoms with van der Waals surface area (Å²) in [5.41, 5.74) is 17.4. The van der Waals surface area contributed by atoms with Gasteiger partial charge in [0, 0.05) is 141 Å². The Labute approximate surface area is 633 Å². The number of fused-ring (bicyclic) bond motifs is 3. The Kier molecular flexibility index (Phi) is 20.7. The molecule has 3 amide bonds. The van der Waals surface area contributed by atoms with Crippen LogP contribution < -0.4 is 14.7 Å². The standard InChI is InChI=1S/2C30H33N5O.C29H32N6O/c1-21-15-17-33(19-21)29-22(2)20-35-28(31-29)18-26(32-35)27-14-8-9-16-34(27)30(36)25-13-7-6-12-24(25)23-10-4-3-5-11-23;1-21-15-17-33(19-21)29-22(2)20-35-28(31-29)18-26(32-35)27-10-6-7-16-34(27)30(36)25-13-11-24(12-14-25)23-8-4-3-5-9-23;1-20-12-15-33(18-20)28-21(2)19-35-27(31-28)16-25(32-35)26-7-3-4-14-34(26)29(36)23-10-8-22(9-11-23)24-6-5-13-30-17-24/h3-7,10-13,18,20-21,27H,8-9,14-17,19H2,1-2H3;3-5,8-9,11-14,18,20-21,27H,6-7,10,15-17,19H2,1-2H3;5-6,8-11,13,16-17,19-20,26H,3-4,7,12,14-15,18H2,1-2H3/t2*21-,27-;20-,26-/m000/s1. The van der Waals surface area contributed by atoms with Crippen LogP contribution in [0.2, 0.25) is 0 Å². The van der Waals surface area contributed by atoms with Crippen LogP contribution in [0, 0.1) is 38.5 Å². The van der Waals surface area contributed by atoms with E-state index < -0.39 is 0 Å². The summed E-state index contributed by atoms with van der Waals surface area (Å²) >= 11 is 0. The van der Waals surface area contributed by atoms with Gasteiger partial charge in [0.05, 0.1) is 35.2 Å². The van der Waals surface area contributed by atoms with E-state index in [-0.39, 0.29) is 35.8 Å². The lowest BCUT2D eigenvalue weighted by Gasteiger charge is -2.35. The van der Waals surface area contributed by atoms with Gasteiger partial charge in [-0.2, -0.15) is 15.3 Å². The van der Waals surface area contributed by atoms with E-state index in [0.29, 0.717) is 23.3 Å². The molecule has 5 aromatic carbocycles. The Morgan fingerprint density at radius 1 is 0.361 bits per heavy atom. The lowest BCUT2D eigenvalue weighted by Crippen LogP contribution is -2.39. The van der Waals surface area contributed by atoms with E-state index in [2.05, 4.69) is 122 Å². The fourth-order valence-electron chi connectivity index (χ4n) is 17.1. The summed E-state index contributed by atoms with van der Waals surface area (Å²) in [6.07, 6.45) is 22.6. The number of aromatic nitrogens is 10. The van der Waals surface area contributed by atoms with Crippen molar-refractivity contribution in [1.29, 1.82) is 0 Å². The van der Waals surface area contributed by atoms with Crippen LogP contribution in [0.25, 0.3) is 50.3 Å². The Bertz CT molecular complexity index is 4960. The number of carbonyl (C=O) groups is 3. The normalized spacial score (nSPS) is 20.3. The average molecular weight is 1440 g/mol. The van der Waals surface area contributed by atoms with Gasteiger partial charge in [-0.15, -0.1) is 0 Å². The zero-order valence-electron chi connectivity index (χ0n) is 63.2. The number of hydrogen-bond donors (Lipinski definition) is 0. The van der Waals surface area contributed by atoms with Crippen LogP contribution in [-0.4, -0.2) is 140 Å². The van der Waals surface area contributed by atoms with Gasteiger partial charge in [-0.1, -0.05) is 130 Å². The first-order valence-electron chi connectivity index (χ1n) is 39.3. The predicted octanol–water partition coefficient (Wildman–Crippen LogP) is 17.1. The molecule has 6 atom stereocenters. The van der Waals surface area contributed by atoms with Crippen molar-refractivity contribution >= 4 is 52.1 Å². The molecule has 6 aliphatic heterocycles. The summed E-state index contributed by atoms with van der Waals surface area (Å²) in [7, 11) is 0. The maximum absolute atomic E-state index is 14.0. The summed E-state index contributed by atoms with van der Waals surface area (Å²) in [4.78, 5) is 73.6. The van der Waals surface area contributed by atoms with Crippen LogP contribution in [-0.2, 0) is 0 Å². The minimum Gasteiger partial charge on any atom is -0.356 e. The van der Waals surface area contributed by atoms with Crippen molar-refractivity contribution in [2.24, 2.45) is 17.8 Å². The van der Waals surface area contributed by atoms with Crippen LogP contribution in [0.15, 0.2) is 195 Å². The molecule has 6 saturated heterocycles. The molecule has 108 heavy (non-hydrogen) atoms. The number of carbonyl (C=O) groups excluding carboxylic acids is 3. The highest BCUT2D eigenvalue weighted by Crippen LogP contribution is 2.39. The van der Waals surface area contributed by atoms with Gasteiger partial charge in [0.15, 0.2) is 16.9 Å². The fraction of sp³-hybridized carbons (Fsp3) is 0.371. The van der Waals surface area contributed by atoms with Crippen molar-refractivity contribution in [1.82, 2.24) is 63.5 Å². The molecule has 0 radical (unpaired) electrons. The molecule has 7 aromatic heterocycles. The number of likely N-dealkylation sites (tertiary alicyclic amines) is 3. The third-order valence-electron chi connectivity index (χ3n) is 23.0. The zero-order chi connectivity index (χ0) is 73.9. The highest BCUT2D eigenvalue weighted by molar-refractivity contribution is 6.01. The van der Waals surface area contributed by atoms with Crippen LogP contribution in [0.4, 0.5) is 17.5 Å². The van der Waals surface area contributed by atoms with Crippen molar-refractivity contribution < 1.29 is 14.4 Å². The summed E-state index contributed by atoms with van der Waals surface area (Å²) in [5.74, 6) is 5.49. The summed E-state index contributed by atoms with van der Waals surface area (Å²) < 4.78 is 5.66. The molecule has 12 aromatic rings. The molecular formula is C89H98N16O3.